The Morgan fingerprint density at radius 1 is 0.655 bits per heavy atom. The first-order valence-electron chi connectivity index (χ1n) is 9.61. The lowest BCUT2D eigenvalue weighted by Crippen LogP contribution is -2.13. The molecule has 164 valence electrons. The number of ether oxygens (including phenoxy) is 2. The summed E-state index contributed by atoms with van der Waals surface area (Å²) in [6, 6.07) is 0. The van der Waals surface area contributed by atoms with Gasteiger partial charge in [-0.15, -0.1) is 0 Å². The summed E-state index contributed by atoms with van der Waals surface area (Å²) < 4.78 is 75.5. The lowest BCUT2D eigenvalue weighted by atomic mass is 10.1. The average Bonchev–Trinajstić information content (AvgIpc) is 2.71. The van der Waals surface area contributed by atoms with Crippen molar-refractivity contribution in [1.82, 2.24) is 0 Å². The van der Waals surface area contributed by atoms with Gasteiger partial charge in [-0.1, -0.05) is 45.4 Å². The van der Waals surface area contributed by atoms with E-state index in [0.29, 0.717) is 6.42 Å². The fraction of sp³-hybridized carbons (Fsp3) is 0.600. The van der Waals surface area contributed by atoms with E-state index in [1.54, 1.807) is 0 Å². The van der Waals surface area contributed by atoms with Gasteiger partial charge in [0.05, 0.1) is 25.0 Å². The van der Waals surface area contributed by atoms with Gasteiger partial charge in [-0.25, -0.2) is 22.0 Å². The Hall–Kier alpha value is -2.19. The first-order chi connectivity index (χ1) is 13.8. The molecule has 29 heavy (non-hydrogen) atoms. The third-order valence-corrected chi connectivity index (χ3v) is 4.22. The molecule has 0 spiro atoms. The van der Waals surface area contributed by atoms with Gasteiger partial charge in [-0.2, -0.15) is 0 Å². The Kier molecular flexibility index (Phi) is 11.2. The molecule has 0 bridgehead atoms. The van der Waals surface area contributed by atoms with Crippen LogP contribution in [0, 0.1) is 29.1 Å². The molecule has 4 nitrogen and oxygen atoms in total. The fourth-order valence-corrected chi connectivity index (χ4v) is 2.52. The van der Waals surface area contributed by atoms with E-state index in [2.05, 4.69) is 11.7 Å². The molecule has 0 amide bonds. The summed E-state index contributed by atoms with van der Waals surface area (Å²) in [7, 11) is 0. The lowest BCUT2D eigenvalue weighted by Gasteiger charge is -2.09. The van der Waals surface area contributed by atoms with Crippen LogP contribution in [0.4, 0.5) is 22.0 Å². The number of carbonyl (C=O) groups excluding carboxylic acids is 2. The van der Waals surface area contributed by atoms with E-state index >= 15 is 0 Å². The molecule has 0 atom stereocenters. The van der Waals surface area contributed by atoms with E-state index in [1.165, 1.54) is 19.3 Å². The van der Waals surface area contributed by atoms with Gasteiger partial charge in [0.25, 0.3) is 0 Å². The van der Waals surface area contributed by atoms with Gasteiger partial charge < -0.3 is 9.47 Å². The summed E-state index contributed by atoms with van der Waals surface area (Å²) in [5.41, 5.74) is -1.25. The Labute approximate surface area is 166 Å². The third kappa shape index (κ3) is 8.37. The smallest absolute Gasteiger partial charge is 0.306 e. The Balaban J connectivity index is 2.27. The van der Waals surface area contributed by atoms with Crippen LogP contribution in [0.2, 0.25) is 0 Å². The van der Waals surface area contributed by atoms with Crippen molar-refractivity contribution in [3.63, 3.8) is 0 Å². The van der Waals surface area contributed by atoms with Crippen molar-refractivity contribution in [2.24, 2.45) is 0 Å². The van der Waals surface area contributed by atoms with Crippen LogP contribution < -0.4 is 0 Å². The van der Waals surface area contributed by atoms with Crippen LogP contribution in [0.15, 0.2) is 0 Å². The molecule has 0 N–H and O–H groups in total. The second kappa shape index (κ2) is 13.1. The highest BCUT2D eigenvalue weighted by molar-refractivity contribution is 5.77. The van der Waals surface area contributed by atoms with Crippen LogP contribution >= 0.6 is 0 Å². The van der Waals surface area contributed by atoms with E-state index in [0.717, 1.165) is 19.3 Å². The minimum absolute atomic E-state index is 0.228. The van der Waals surface area contributed by atoms with E-state index in [9.17, 15) is 31.5 Å². The molecule has 0 saturated heterocycles. The van der Waals surface area contributed by atoms with Crippen LogP contribution in [0.1, 0.15) is 70.3 Å². The highest BCUT2D eigenvalue weighted by Gasteiger charge is 2.26. The van der Waals surface area contributed by atoms with E-state index in [-0.39, 0.29) is 13.0 Å². The van der Waals surface area contributed by atoms with Gasteiger partial charge >= 0.3 is 11.9 Å². The Morgan fingerprint density at radius 3 is 1.66 bits per heavy atom. The Bertz CT molecular complexity index is 665. The number of unbranched alkanes of at least 4 members (excludes halogenated alkanes) is 6. The second-order valence-electron chi connectivity index (χ2n) is 6.55. The van der Waals surface area contributed by atoms with Crippen molar-refractivity contribution in [3.05, 3.63) is 34.6 Å². The average molecular weight is 424 g/mol. The predicted octanol–water partition coefficient (Wildman–Crippen LogP) is 5.50. The molecule has 0 aliphatic carbocycles. The fourth-order valence-electron chi connectivity index (χ4n) is 2.52. The van der Waals surface area contributed by atoms with Crippen LogP contribution in [-0.2, 0) is 25.7 Å². The maximum Gasteiger partial charge on any atom is 0.306 e. The molecule has 0 aliphatic heterocycles. The highest BCUT2D eigenvalue weighted by atomic mass is 19.2. The van der Waals surface area contributed by atoms with Crippen LogP contribution in [0.3, 0.4) is 0 Å². The van der Waals surface area contributed by atoms with Crippen molar-refractivity contribution in [1.29, 1.82) is 0 Å². The van der Waals surface area contributed by atoms with Crippen molar-refractivity contribution < 1.29 is 41.0 Å². The van der Waals surface area contributed by atoms with E-state index in [1.807, 2.05) is 0 Å². The summed E-state index contributed by atoms with van der Waals surface area (Å²) in [5, 5.41) is 0. The van der Waals surface area contributed by atoms with Crippen LogP contribution in [0.5, 0.6) is 0 Å². The topological polar surface area (TPSA) is 52.6 Å². The van der Waals surface area contributed by atoms with Crippen LogP contribution in [0.25, 0.3) is 0 Å². The van der Waals surface area contributed by atoms with Gasteiger partial charge in [-0.3, -0.25) is 9.59 Å². The number of benzene rings is 1. The molecule has 1 aromatic rings. The number of halogens is 5. The molecular formula is C20H25F5O4. The second-order valence-corrected chi connectivity index (χ2v) is 6.55. The number of esters is 2. The molecule has 1 aromatic carbocycles. The van der Waals surface area contributed by atoms with Crippen molar-refractivity contribution in [3.8, 4) is 0 Å². The maximum absolute atomic E-state index is 13.5. The number of hydrogen-bond acceptors (Lipinski definition) is 4. The summed E-state index contributed by atoms with van der Waals surface area (Å²) in [6.45, 7) is 1.22. The quantitative estimate of drug-likeness (QED) is 0.138. The molecule has 0 unspecified atom stereocenters. The standard InChI is InChI=1S/C20H25F5O4/c1-2-3-4-5-6-7-8-11-28-14(26)9-10-15(27)29-12-13-16(21)18(23)20(25)19(24)17(13)22/h2-12H2,1H3. The minimum Gasteiger partial charge on any atom is -0.466 e. The summed E-state index contributed by atoms with van der Waals surface area (Å²) in [6.07, 6.45) is 6.64. The molecule has 0 aromatic heterocycles. The van der Waals surface area contributed by atoms with Gasteiger partial charge in [0.15, 0.2) is 23.3 Å². The maximum atomic E-state index is 13.5. The first kappa shape index (κ1) is 24.8. The molecule has 0 saturated carbocycles. The number of hydrogen-bond donors (Lipinski definition) is 0. The Morgan fingerprint density at radius 2 is 1.10 bits per heavy atom. The van der Waals surface area contributed by atoms with Gasteiger partial charge in [0, 0.05) is 0 Å². The van der Waals surface area contributed by atoms with Gasteiger partial charge in [0.2, 0.25) is 5.82 Å². The zero-order valence-corrected chi connectivity index (χ0v) is 16.3. The predicted molar refractivity (Wildman–Crippen MR) is 94.2 cm³/mol. The van der Waals surface area contributed by atoms with Crippen molar-refractivity contribution in [2.75, 3.05) is 6.61 Å². The van der Waals surface area contributed by atoms with Crippen molar-refractivity contribution in [2.45, 2.75) is 71.3 Å². The van der Waals surface area contributed by atoms with Crippen molar-refractivity contribution >= 4 is 11.9 Å². The van der Waals surface area contributed by atoms with Crippen LogP contribution in [-0.4, -0.2) is 18.5 Å². The first-order valence-corrected chi connectivity index (χ1v) is 9.61. The molecule has 0 radical (unpaired) electrons. The normalized spacial score (nSPS) is 10.8. The number of rotatable bonds is 13. The summed E-state index contributed by atoms with van der Waals surface area (Å²) in [4.78, 5) is 23.1. The SMILES string of the molecule is CCCCCCCCCOC(=O)CCC(=O)OCc1c(F)c(F)c(F)c(F)c1F. The number of carbonyl (C=O) groups is 2. The monoisotopic (exact) mass is 424 g/mol. The molecule has 1 rings (SSSR count). The minimum atomic E-state index is -2.29. The zero-order chi connectivity index (χ0) is 21.8. The zero-order valence-electron chi connectivity index (χ0n) is 16.3. The van der Waals surface area contributed by atoms with Gasteiger partial charge in [0.1, 0.15) is 6.61 Å². The largest absolute Gasteiger partial charge is 0.466 e. The molecule has 9 heteroatoms. The summed E-state index contributed by atoms with van der Waals surface area (Å²) >= 11 is 0. The molecular weight excluding hydrogens is 399 g/mol. The summed E-state index contributed by atoms with van der Waals surface area (Å²) in [5.74, 6) is -12.3. The third-order valence-electron chi connectivity index (χ3n) is 4.22. The highest BCUT2D eigenvalue weighted by Crippen LogP contribution is 2.23. The molecule has 0 heterocycles. The molecule has 0 fully saturated rings. The van der Waals surface area contributed by atoms with E-state index in [4.69, 9.17) is 4.74 Å². The van der Waals surface area contributed by atoms with Gasteiger partial charge in [-0.05, 0) is 6.42 Å². The molecule has 0 aliphatic rings. The lowest BCUT2D eigenvalue weighted by molar-refractivity contribution is -0.151. The van der Waals surface area contributed by atoms with E-state index < -0.39 is 59.6 Å².